The molecule has 0 spiro atoms. The van der Waals surface area contributed by atoms with Crippen molar-refractivity contribution >= 4 is 35.6 Å². The molecule has 8 N–H and O–H groups in total. The van der Waals surface area contributed by atoms with E-state index in [0.717, 1.165) is 0 Å². The zero-order chi connectivity index (χ0) is 33.8. The Kier molecular flexibility index (Phi) is 19.5. The largest absolute Gasteiger partial charge is 0.480 e. The molecule has 0 unspecified atom stereocenters. The lowest BCUT2D eigenvalue weighted by Crippen LogP contribution is -2.49. The number of unbranched alkanes of at least 4 members (excludes halogenated alkanes) is 2. The zero-order valence-corrected chi connectivity index (χ0v) is 26.5. The van der Waals surface area contributed by atoms with Crippen LogP contribution in [0.2, 0.25) is 0 Å². The molecule has 45 heavy (non-hydrogen) atoms. The predicted molar refractivity (Wildman–Crippen MR) is 164 cm³/mol. The summed E-state index contributed by atoms with van der Waals surface area (Å²) < 4.78 is 0. The van der Waals surface area contributed by atoms with Crippen LogP contribution < -0.4 is 21.9 Å². The highest BCUT2D eigenvalue weighted by molar-refractivity contribution is 5.85. The second-order valence-electron chi connectivity index (χ2n) is 11.7. The van der Waals surface area contributed by atoms with Crippen LogP contribution in [0.25, 0.3) is 0 Å². The molecule has 0 aromatic rings. The lowest BCUT2D eigenvalue weighted by molar-refractivity contribution is -0.140. The molecule has 17 heteroatoms. The highest BCUT2D eigenvalue weighted by Gasteiger charge is 2.21. The Labute approximate surface area is 264 Å². The monoisotopic (exact) mass is 644 g/mol. The van der Waals surface area contributed by atoms with Crippen molar-refractivity contribution in [3.05, 3.63) is 0 Å². The number of amides is 3. The summed E-state index contributed by atoms with van der Waals surface area (Å²) in [7, 11) is 0. The van der Waals surface area contributed by atoms with Crippen molar-refractivity contribution < 1.29 is 44.1 Å². The third kappa shape index (κ3) is 20.3. The van der Waals surface area contributed by atoms with E-state index in [0.29, 0.717) is 84.6 Å². The Morgan fingerprint density at radius 3 is 1.44 bits per heavy atom. The average molecular weight is 645 g/mol. The molecule has 1 aliphatic rings. The third-order valence-corrected chi connectivity index (χ3v) is 7.16. The van der Waals surface area contributed by atoms with Gasteiger partial charge in [0.25, 0.3) is 5.91 Å². The number of nitrogens with two attached hydrogens (primary N) is 1. The van der Waals surface area contributed by atoms with Crippen LogP contribution in [-0.4, -0.2) is 162 Å². The van der Waals surface area contributed by atoms with E-state index >= 15 is 0 Å². The van der Waals surface area contributed by atoms with E-state index in [1.165, 1.54) is 0 Å². The molecule has 17 nitrogen and oxygen atoms in total. The van der Waals surface area contributed by atoms with Crippen LogP contribution in [0.4, 0.5) is 0 Å². The van der Waals surface area contributed by atoms with Gasteiger partial charge >= 0.3 is 17.9 Å². The van der Waals surface area contributed by atoms with Crippen LogP contribution in [0.3, 0.4) is 0 Å². The molecule has 1 fully saturated rings. The molecule has 0 aromatic carbocycles. The Hall–Kier alpha value is -3.38. The number of rotatable bonds is 17. The number of carboxylic acids is 3. The first-order chi connectivity index (χ1) is 21.2. The van der Waals surface area contributed by atoms with Gasteiger partial charge in [0.2, 0.25) is 11.8 Å². The van der Waals surface area contributed by atoms with Gasteiger partial charge in [0.15, 0.2) is 0 Å². The zero-order valence-electron chi connectivity index (χ0n) is 26.5. The fourth-order valence-corrected chi connectivity index (χ4v) is 4.76. The molecular weight excluding hydrogens is 592 g/mol. The number of nitrogens with zero attached hydrogens (tertiary/aromatic N) is 4. The minimum atomic E-state index is -1.03. The normalized spacial score (nSPS) is 17.1. The Bertz CT molecular complexity index is 936. The quantitative estimate of drug-likeness (QED) is 0.0649. The molecule has 1 rings (SSSR count). The third-order valence-electron chi connectivity index (χ3n) is 7.16. The topological polar surface area (TPSA) is 238 Å². The number of hydrogen-bond donors (Lipinski definition) is 7. The van der Waals surface area contributed by atoms with Gasteiger partial charge in [-0.05, 0) is 25.2 Å². The fourth-order valence-electron chi connectivity index (χ4n) is 4.76. The van der Waals surface area contributed by atoms with E-state index < -0.39 is 29.9 Å². The number of hydrogen-bond acceptors (Lipinski definition) is 11. The minimum Gasteiger partial charge on any atom is -0.480 e. The van der Waals surface area contributed by atoms with Crippen molar-refractivity contribution in [2.45, 2.75) is 52.0 Å². The first-order valence-corrected chi connectivity index (χ1v) is 15.4. The van der Waals surface area contributed by atoms with E-state index in [1.807, 2.05) is 18.7 Å². The van der Waals surface area contributed by atoms with Crippen molar-refractivity contribution in [2.75, 3.05) is 85.1 Å². The van der Waals surface area contributed by atoms with Gasteiger partial charge in [0.05, 0.1) is 32.2 Å². The van der Waals surface area contributed by atoms with Crippen molar-refractivity contribution in [1.29, 1.82) is 0 Å². The Morgan fingerprint density at radius 2 is 1.04 bits per heavy atom. The lowest BCUT2D eigenvalue weighted by atomic mass is 10.0. The van der Waals surface area contributed by atoms with Gasteiger partial charge in [-0.25, -0.2) is 0 Å². The fraction of sp³-hybridized carbons (Fsp3) is 0.786. The average Bonchev–Trinajstić information content (AvgIpc) is 2.93. The number of carbonyl (C=O) groups excluding carboxylic acids is 3. The summed E-state index contributed by atoms with van der Waals surface area (Å²) >= 11 is 0. The van der Waals surface area contributed by atoms with Crippen LogP contribution in [0, 0.1) is 5.92 Å². The van der Waals surface area contributed by atoms with E-state index in [9.17, 15) is 44.1 Å². The summed E-state index contributed by atoms with van der Waals surface area (Å²) in [6, 6.07) is -0.695. The van der Waals surface area contributed by atoms with Crippen LogP contribution in [-0.2, 0) is 28.8 Å². The first kappa shape index (κ1) is 39.6. The van der Waals surface area contributed by atoms with Gasteiger partial charge in [-0.2, -0.15) is 0 Å². The molecule has 0 aromatic heterocycles. The van der Waals surface area contributed by atoms with Gasteiger partial charge in [-0.3, -0.25) is 59.2 Å². The molecule has 1 heterocycles. The summed E-state index contributed by atoms with van der Waals surface area (Å²) in [5, 5.41) is 30.8. The van der Waals surface area contributed by atoms with Gasteiger partial charge in [-0.15, -0.1) is 0 Å². The van der Waals surface area contributed by atoms with Gasteiger partial charge < -0.3 is 26.4 Å². The highest BCUT2D eigenvalue weighted by atomic mass is 16.4. The second-order valence-corrected chi connectivity index (χ2v) is 11.7. The summed E-state index contributed by atoms with van der Waals surface area (Å²) in [4.78, 5) is 77.6. The summed E-state index contributed by atoms with van der Waals surface area (Å²) in [5.41, 5.74) is 10.5. The predicted octanol–water partition coefficient (Wildman–Crippen LogP) is -2.34. The molecule has 1 atom stereocenters. The van der Waals surface area contributed by atoms with Crippen LogP contribution >= 0.6 is 0 Å². The second kappa shape index (κ2) is 22.2. The molecule has 0 radical (unpaired) electrons. The molecule has 3 amide bonds. The molecule has 0 aliphatic carbocycles. The van der Waals surface area contributed by atoms with Crippen molar-refractivity contribution in [2.24, 2.45) is 11.7 Å². The van der Waals surface area contributed by atoms with Crippen LogP contribution in [0.5, 0.6) is 0 Å². The Balaban J connectivity index is 2.56. The summed E-state index contributed by atoms with van der Waals surface area (Å²) in [6.07, 6.45) is 2.58. The van der Waals surface area contributed by atoms with Crippen molar-refractivity contribution in [3.63, 3.8) is 0 Å². The molecule has 0 bridgehead atoms. The van der Waals surface area contributed by atoms with Crippen molar-refractivity contribution in [3.8, 4) is 0 Å². The SMILES string of the molecule is CC(C)C[C@@H](N)C(=O)NNC(=O)CCCCCNC(=O)CN1CCN(CC(=O)O)CCN(CC(=O)O)CCN(CC(=O)O)CC1. The first-order valence-electron chi connectivity index (χ1n) is 15.4. The van der Waals surface area contributed by atoms with E-state index in [1.54, 1.807) is 14.7 Å². The number of carboxylic acid groups (broad SMARTS) is 3. The summed E-state index contributed by atoms with van der Waals surface area (Å²) in [6.45, 7) is 6.17. The van der Waals surface area contributed by atoms with Crippen LogP contribution in [0.1, 0.15) is 46.0 Å². The number of aliphatic carboxylic acids is 3. The minimum absolute atomic E-state index is 0.0357. The molecular formula is C28H52N8O9. The summed E-state index contributed by atoms with van der Waals surface area (Å²) in [5.74, 6) is -3.81. The highest BCUT2D eigenvalue weighted by Crippen LogP contribution is 2.04. The molecule has 1 aliphatic heterocycles. The number of nitrogens with one attached hydrogen (secondary N) is 3. The van der Waals surface area contributed by atoms with Crippen molar-refractivity contribution in [1.82, 2.24) is 35.8 Å². The maximum absolute atomic E-state index is 12.7. The van der Waals surface area contributed by atoms with E-state index in [4.69, 9.17) is 5.73 Å². The maximum Gasteiger partial charge on any atom is 0.317 e. The van der Waals surface area contributed by atoms with E-state index in [2.05, 4.69) is 16.2 Å². The molecule has 258 valence electrons. The van der Waals surface area contributed by atoms with Gasteiger partial charge in [0, 0.05) is 65.3 Å². The molecule has 0 saturated carbocycles. The number of hydrazine groups is 1. The standard InChI is InChI=1S/C28H52N8O9/c1-21(2)16-22(29)28(45)32-31-23(37)6-4-3-5-7-30-24(38)17-33-8-10-34(18-25(39)40)12-14-36(20-27(43)44)15-13-35(11-9-33)19-26(41)42/h21-22H,3-20,29H2,1-2H3,(H,30,38)(H,31,37)(H,32,45)(H,39,40)(H,41,42)(H,43,44)/t22-/m1/s1. The smallest absolute Gasteiger partial charge is 0.317 e. The lowest BCUT2D eigenvalue weighted by Gasteiger charge is -2.32. The van der Waals surface area contributed by atoms with Gasteiger partial charge in [0.1, 0.15) is 0 Å². The van der Waals surface area contributed by atoms with Gasteiger partial charge in [-0.1, -0.05) is 20.3 Å². The molecule has 1 saturated heterocycles. The van der Waals surface area contributed by atoms with Crippen LogP contribution in [0.15, 0.2) is 0 Å². The Morgan fingerprint density at radius 1 is 0.622 bits per heavy atom. The maximum atomic E-state index is 12.7. The number of carbonyl (C=O) groups is 6. The van der Waals surface area contributed by atoms with E-state index in [-0.39, 0.29) is 50.3 Å².